The molecule has 0 N–H and O–H groups in total. The van der Waals surface area contributed by atoms with E-state index in [9.17, 15) is 9.59 Å². The Bertz CT molecular complexity index is 252. The van der Waals surface area contributed by atoms with Crippen LogP contribution in [-0.2, 0) is 9.59 Å². The summed E-state index contributed by atoms with van der Waals surface area (Å²) in [5.41, 5.74) is -0.454. The average molecular weight is 183 g/mol. The number of amides is 2. The van der Waals surface area contributed by atoms with Gasteiger partial charge in [-0.05, 0) is 6.92 Å². The van der Waals surface area contributed by atoms with Crippen LogP contribution in [0.1, 0.15) is 34.6 Å². The van der Waals surface area contributed by atoms with Gasteiger partial charge in [0.25, 0.3) is 0 Å². The number of carbonyl (C=O) groups excluding carboxylic acids is 2. The second kappa shape index (κ2) is 2.82. The molecule has 1 fully saturated rings. The monoisotopic (exact) mass is 183 g/mol. The van der Waals surface area contributed by atoms with Crippen LogP contribution in [0.3, 0.4) is 0 Å². The highest BCUT2D eigenvalue weighted by molar-refractivity contribution is 6.03. The summed E-state index contributed by atoms with van der Waals surface area (Å²) < 4.78 is 0. The predicted octanol–water partition coefficient (Wildman–Crippen LogP) is 1.43. The topological polar surface area (TPSA) is 37.4 Å². The van der Waals surface area contributed by atoms with Gasteiger partial charge in [0.2, 0.25) is 11.8 Å². The highest BCUT2D eigenvalue weighted by Crippen LogP contribution is 2.30. The van der Waals surface area contributed by atoms with Gasteiger partial charge in [0.1, 0.15) is 0 Å². The molecule has 0 aliphatic carbocycles. The van der Waals surface area contributed by atoms with Crippen LogP contribution in [0.25, 0.3) is 0 Å². The van der Waals surface area contributed by atoms with Crippen molar-refractivity contribution in [1.82, 2.24) is 4.90 Å². The normalized spacial score (nSPS) is 28.7. The Morgan fingerprint density at radius 1 is 1.31 bits per heavy atom. The Morgan fingerprint density at radius 2 is 1.77 bits per heavy atom. The molecule has 0 saturated carbocycles. The average Bonchev–Trinajstić information content (AvgIpc) is 2.02. The van der Waals surface area contributed by atoms with Crippen LogP contribution in [0, 0.1) is 11.3 Å². The van der Waals surface area contributed by atoms with E-state index in [4.69, 9.17) is 0 Å². The molecular weight excluding hydrogens is 166 g/mol. The van der Waals surface area contributed by atoms with Gasteiger partial charge in [0.05, 0.1) is 5.92 Å². The van der Waals surface area contributed by atoms with E-state index < -0.39 is 5.41 Å². The van der Waals surface area contributed by atoms with Gasteiger partial charge in [-0.25, -0.2) is 0 Å². The second-order valence-electron chi connectivity index (χ2n) is 4.79. The van der Waals surface area contributed by atoms with Gasteiger partial charge in [-0.3, -0.25) is 14.5 Å². The lowest BCUT2D eigenvalue weighted by molar-refractivity contribution is -0.168. The van der Waals surface area contributed by atoms with Crippen LogP contribution in [0.5, 0.6) is 0 Å². The summed E-state index contributed by atoms with van der Waals surface area (Å²) in [6.45, 7) is 9.27. The largest absolute Gasteiger partial charge is 0.278 e. The Kier molecular flexibility index (Phi) is 2.22. The molecule has 1 saturated heterocycles. The maximum atomic E-state index is 11.7. The zero-order valence-electron chi connectivity index (χ0n) is 8.92. The first-order valence-corrected chi connectivity index (χ1v) is 4.64. The SMILES string of the molecule is CC1C(=O)N(C(=O)C(C)(C)C)C1C. The summed E-state index contributed by atoms with van der Waals surface area (Å²) in [6, 6.07) is 0.0687. The lowest BCUT2D eigenvalue weighted by Gasteiger charge is -2.44. The third-order valence-electron chi connectivity index (χ3n) is 2.62. The summed E-state index contributed by atoms with van der Waals surface area (Å²) in [5, 5.41) is 0. The molecule has 0 aromatic carbocycles. The van der Waals surface area contributed by atoms with Crippen molar-refractivity contribution in [1.29, 1.82) is 0 Å². The third kappa shape index (κ3) is 1.47. The minimum absolute atomic E-state index is 0.00583. The molecule has 2 atom stereocenters. The van der Waals surface area contributed by atoms with Gasteiger partial charge in [-0.1, -0.05) is 27.7 Å². The van der Waals surface area contributed by atoms with Crippen molar-refractivity contribution in [2.24, 2.45) is 11.3 Å². The Hall–Kier alpha value is -0.860. The van der Waals surface area contributed by atoms with Gasteiger partial charge in [0.15, 0.2) is 0 Å². The van der Waals surface area contributed by atoms with Crippen molar-refractivity contribution in [2.75, 3.05) is 0 Å². The third-order valence-corrected chi connectivity index (χ3v) is 2.62. The van der Waals surface area contributed by atoms with Crippen molar-refractivity contribution >= 4 is 11.8 Å². The zero-order chi connectivity index (χ0) is 10.4. The lowest BCUT2D eigenvalue weighted by Crippen LogP contribution is -2.62. The molecule has 3 nitrogen and oxygen atoms in total. The van der Waals surface area contributed by atoms with Crippen LogP contribution in [0.2, 0.25) is 0 Å². The summed E-state index contributed by atoms with van der Waals surface area (Å²) in [6.07, 6.45) is 0. The van der Waals surface area contributed by atoms with E-state index in [0.29, 0.717) is 0 Å². The number of β-lactam (4-membered cyclic amide) rings is 1. The first-order valence-electron chi connectivity index (χ1n) is 4.64. The molecule has 0 aromatic heterocycles. The maximum Gasteiger partial charge on any atom is 0.234 e. The van der Waals surface area contributed by atoms with Crippen molar-refractivity contribution in [3.63, 3.8) is 0 Å². The molecule has 2 unspecified atom stereocenters. The number of nitrogens with zero attached hydrogens (tertiary/aromatic N) is 1. The number of carbonyl (C=O) groups is 2. The van der Waals surface area contributed by atoms with E-state index in [1.807, 2.05) is 34.6 Å². The molecule has 13 heavy (non-hydrogen) atoms. The first-order chi connectivity index (χ1) is 5.76. The molecule has 1 heterocycles. The molecule has 1 rings (SSSR count). The first kappa shape index (κ1) is 10.2. The molecule has 74 valence electrons. The van der Waals surface area contributed by atoms with Crippen molar-refractivity contribution in [3.05, 3.63) is 0 Å². The molecule has 2 amide bonds. The number of hydrogen-bond donors (Lipinski definition) is 0. The van der Waals surface area contributed by atoms with Gasteiger partial charge >= 0.3 is 0 Å². The molecule has 3 heteroatoms. The number of hydrogen-bond acceptors (Lipinski definition) is 2. The quantitative estimate of drug-likeness (QED) is 0.533. The number of likely N-dealkylation sites (tertiary alicyclic amines) is 1. The van der Waals surface area contributed by atoms with Gasteiger partial charge in [-0.15, -0.1) is 0 Å². The minimum atomic E-state index is -0.454. The zero-order valence-corrected chi connectivity index (χ0v) is 8.92. The summed E-state index contributed by atoms with van der Waals surface area (Å²) >= 11 is 0. The van der Waals surface area contributed by atoms with E-state index in [1.54, 1.807) is 0 Å². The standard InChI is InChI=1S/C10H17NO2/c1-6-7(2)11(8(6)12)9(13)10(3,4)5/h6-7H,1-5H3. The summed E-state index contributed by atoms with van der Waals surface area (Å²) in [7, 11) is 0. The van der Waals surface area contributed by atoms with E-state index in [1.165, 1.54) is 4.90 Å². The van der Waals surface area contributed by atoms with Gasteiger partial charge < -0.3 is 0 Å². The van der Waals surface area contributed by atoms with Crippen LogP contribution < -0.4 is 0 Å². The number of imide groups is 1. The van der Waals surface area contributed by atoms with Crippen LogP contribution in [0.15, 0.2) is 0 Å². The Labute approximate surface area is 79.1 Å². The number of rotatable bonds is 0. The second-order valence-corrected chi connectivity index (χ2v) is 4.79. The molecule has 1 aliphatic heterocycles. The summed E-state index contributed by atoms with van der Waals surface area (Å²) in [4.78, 5) is 24.5. The van der Waals surface area contributed by atoms with E-state index in [0.717, 1.165) is 0 Å². The van der Waals surface area contributed by atoms with Crippen molar-refractivity contribution < 1.29 is 9.59 Å². The smallest absolute Gasteiger partial charge is 0.234 e. The fourth-order valence-electron chi connectivity index (χ4n) is 1.41. The minimum Gasteiger partial charge on any atom is -0.278 e. The highest BCUT2D eigenvalue weighted by Gasteiger charge is 2.47. The van der Waals surface area contributed by atoms with Crippen LogP contribution in [-0.4, -0.2) is 22.8 Å². The van der Waals surface area contributed by atoms with E-state index in [-0.39, 0.29) is 23.8 Å². The molecule has 0 radical (unpaired) electrons. The van der Waals surface area contributed by atoms with Crippen molar-refractivity contribution in [2.45, 2.75) is 40.7 Å². The Morgan fingerprint density at radius 3 is 2.08 bits per heavy atom. The fourth-order valence-corrected chi connectivity index (χ4v) is 1.41. The van der Waals surface area contributed by atoms with E-state index in [2.05, 4.69) is 0 Å². The maximum absolute atomic E-state index is 11.7. The molecule has 1 aliphatic rings. The highest BCUT2D eigenvalue weighted by atomic mass is 16.2. The van der Waals surface area contributed by atoms with Crippen LogP contribution in [0.4, 0.5) is 0 Å². The lowest BCUT2D eigenvalue weighted by atomic mass is 9.85. The van der Waals surface area contributed by atoms with Crippen LogP contribution >= 0.6 is 0 Å². The van der Waals surface area contributed by atoms with Gasteiger partial charge in [-0.2, -0.15) is 0 Å². The van der Waals surface area contributed by atoms with Crippen molar-refractivity contribution in [3.8, 4) is 0 Å². The van der Waals surface area contributed by atoms with Gasteiger partial charge in [0, 0.05) is 11.5 Å². The summed E-state index contributed by atoms with van der Waals surface area (Å²) in [5.74, 6) is -0.0955. The molecule has 0 bridgehead atoms. The fraction of sp³-hybridized carbons (Fsp3) is 0.800. The molecule has 0 aromatic rings. The Balaban J connectivity index is 2.76. The predicted molar refractivity (Wildman–Crippen MR) is 49.9 cm³/mol. The molecular formula is C10H17NO2. The molecule has 0 spiro atoms. The van der Waals surface area contributed by atoms with E-state index >= 15 is 0 Å².